The molecule has 2 aromatic rings. The number of nitrogens with zero attached hydrogens (tertiary/aromatic N) is 2. The summed E-state index contributed by atoms with van der Waals surface area (Å²) < 4.78 is 0.905. The average molecular weight is 382 g/mol. The predicted molar refractivity (Wildman–Crippen MR) is 106 cm³/mol. The van der Waals surface area contributed by atoms with Gasteiger partial charge in [-0.2, -0.15) is 0 Å². The van der Waals surface area contributed by atoms with Crippen molar-refractivity contribution in [2.24, 2.45) is 5.92 Å². The van der Waals surface area contributed by atoms with Crippen LogP contribution in [0.3, 0.4) is 0 Å². The Bertz CT molecular complexity index is 665. The lowest BCUT2D eigenvalue weighted by atomic mass is 10.1. The lowest BCUT2D eigenvalue weighted by Crippen LogP contribution is -2.14. The maximum atomic E-state index is 12.0. The van der Waals surface area contributed by atoms with E-state index in [0.29, 0.717) is 16.8 Å². The largest absolute Gasteiger partial charge is 0.300 e. The quantitative estimate of drug-likeness (QED) is 0.527. The van der Waals surface area contributed by atoms with Gasteiger partial charge in [-0.1, -0.05) is 66.3 Å². The number of anilines is 1. The van der Waals surface area contributed by atoms with E-state index < -0.39 is 0 Å². The second kappa shape index (κ2) is 9.44. The number of carbonyl (C=O) groups excluding carboxylic acids is 1. The zero-order chi connectivity index (χ0) is 17.5. The predicted octanol–water partition coefficient (Wildman–Crippen LogP) is 4.77. The van der Waals surface area contributed by atoms with Crippen molar-refractivity contribution in [2.75, 3.05) is 16.8 Å². The van der Waals surface area contributed by atoms with Crippen LogP contribution in [0.4, 0.5) is 5.13 Å². The SMILES string of the molecule is Cc1cc(C)cc(CSCC(=O)Nc2nnc(SCC(C)C)s2)c1. The van der Waals surface area contributed by atoms with Gasteiger partial charge in [0.2, 0.25) is 11.0 Å². The molecular formula is C17H23N3OS3. The van der Waals surface area contributed by atoms with E-state index in [0.717, 1.165) is 15.8 Å². The number of rotatable bonds is 8. The third kappa shape index (κ3) is 6.83. The van der Waals surface area contributed by atoms with Crippen LogP contribution in [0, 0.1) is 19.8 Å². The molecule has 0 radical (unpaired) electrons. The Morgan fingerprint density at radius 2 is 1.92 bits per heavy atom. The van der Waals surface area contributed by atoms with Crippen LogP contribution in [0.5, 0.6) is 0 Å². The molecule has 0 aliphatic carbocycles. The molecule has 0 aliphatic rings. The van der Waals surface area contributed by atoms with Gasteiger partial charge in [0.1, 0.15) is 0 Å². The van der Waals surface area contributed by atoms with E-state index in [9.17, 15) is 4.79 Å². The smallest absolute Gasteiger partial charge is 0.236 e. The monoisotopic (exact) mass is 381 g/mol. The molecule has 0 bridgehead atoms. The molecule has 1 heterocycles. The van der Waals surface area contributed by atoms with Crippen molar-refractivity contribution in [2.45, 2.75) is 37.8 Å². The second-order valence-electron chi connectivity index (χ2n) is 6.11. The number of thioether (sulfide) groups is 2. The Labute approximate surface area is 156 Å². The minimum Gasteiger partial charge on any atom is -0.300 e. The maximum absolute atomic E-state index is 12.0. The fourth-order valence-electron chi connectivity index (χ4n) is 2.13. The third-order valence-corrected chi connectivity index (χ3v) is 6.38. The number of benzene rings is 1. The standard InChI is InChI=1S/C17H23N3OS3/c1-11(2)8-23-17-20-19-16(24-17)18-15(21)10-22-9-14-6-12(3)5-13(4)7-14/h5-7,11H,8-10H2,1-4H3,(H,18,19,21). The molecule has 1 amide bonds. The van der Waals surface area contributed by atoms with Gasteiger partial charge >= 0.3 is 0 Å². The molecule has 1 N–H and O–H groups in total. The van der Waals surface area contributed by atoms with E-state index in [1.54, 1.807) is 23.5 Å². The minimum absolute atomic E-state index is 0.0269. The number of nitrogens with one attached hydrogen (secondary N) is 1. The fraction of sp³-hybridized carbons (Fsp3) is 0.471. The second-order valence-corrected chi connectivity index (χ2v) is 9.35. The first-order chi connectivity index (χ1) is 11.4. The van der Waals surface area contributed by atoms with Gasteiger partial charge in [0, 0.05) is 11.5 Å². The van der Waals surface area contributed by atoms with Crippen LogP contribution in [-0.2, 0) is 10.5 Å². The molecule has 0 fully saturated rings. The summed E-state index contributed by atoms with van der Waals surface area (Å²) in [6.45, 7) is 8.53. The number of hydrogen-bond acceptors (Lipinski definition) is 6. The topological polar surface area (TPSA) is 54.9 Å². The van der Waals surface area contributed by atoms with Crippen molar-refractivity contribution in [1.29, 1.82) is 0 Å². The minimum atomic E-state index is -0.0269. The van der Waals surface area contributed by atoms with Gasteiger partial charge in [0.15, 0.2) is 4.34 Å². The first kappa shape index (κ1) is 19.3. The van der Waals surface area contributed by atoms with Crippen LogP contribution >= 0.6 is 34.9 Å². The Balaban J connectivity index is 1.75. The average Bonchev–Trinajstić information content (AvgIpc) is 2.91. The van der Waals surface area contributed by atoms with E-state index in [4.69, 9.17) is 0 Å². The molecular weight excluding hydrogens is 358 g/mol. The molecule has 2 rings (SSSR count). The van der Waals surface area contributed by atoms with Gasteiger partial charge < -0.3 is 0 Å². The summed E-state index contributed by atoms with van der Waals surface area (Å²) in [6, 6.07) is 6.49. The molecule has 0 saturated heterocycles. The van der Waals surface area contributed by atoms with Crippen LogP contribution in [0.1, 0.15) is 30.5 Å². The molecule has 24 heavy (non-hydrogen) atoms. The molecule has 0 unspecified atom stereocenters. The molecule has 0 spiro atoms. The summed E-state index contributed by atoms with van der Waals surface area (Å²) in [6.07, 6.45) is 0. The summed E-state index contributed by atoms with van der Waals surface area (Å²) in [7, 11) is 0. The highest BCUT2D eigenvalue weighted by Crippen LogP contribution is 2.27. The normalized spacial score (nSPS) is 11.0. The van der Waals surface area contributed by atoms with Crippen molar-refractivity contribution in [3.63, 3.8) is 0 Å². The summed E-state index contributed by atoms with van der Waals surface area (Å²) >= 11 is 4.73. The highest BCUT2D eigenvalue weighted by Gasteiger charge is 2.09. The van der Waals surface area contributed by atoms with Crippen LogP contribution < -0.4 is 5.32 Å². The van der Waals surface area contributed by atoms with Gasteiger partial charge in [-0.05, 0) is 25.3 Å². The number of aryl methyl sites for hydroxylation is 2. The van der Waals surface area contributed by atoms with Crippen LogP contribution in [-0.4, -0.2) is 27.6 Å². The summed E-state index contributed by atoms with van der Waals surface area (Å²) in [5.74, 6) is 2.84. The van der Waals surface area contributed by atoms with Crippen LogP contribution in [0.15, 0.2) is 22.5 Å². The van der Waals surface area contributed by atoms with E-state index in [1.807, 2.05) is 0 Å². The van der Waals surface area contributed by atoms with E-state index >= 15 is 0 Å². The van der Waals surface area contributed by atoms with Crippen molar-refractivity contribution in [3.8, 4) is 0 Å². The molecule has 1 aromatic heterocycles. The van der Waals surface area contributed by atoms with Gasteiger partial charge in [0.05, 0.1) is 5.75 Å². The van der Waals surface area contributed by atoms with Crippen molar-refractivity contribution >= 4 is 45.9 Å². The zero-order valence-electron chi connectivity index (χ0n) is 14.5. The van der Waals surface area contributed by atoms with Crippen molar-refractivity contribution < 1.29 is 4.79 Å². The lowest BCUT2D eigenvalue weighted by Gasteiger charge is -2.05. The van der Waals surface area contributed by atoms with Gasteiger partial charge in [-0.25, -0.2) is 0 Å². The lowest BCUT2D eigenvalue weighted by molar-refractivity contribution is -0.113. The van der Waals surface area contributed by atoms with E-state index in [-0.39, 0.29) is 5.91 Å². The zero-order valence-corrected chi connectivity index (χ0v) is 16.9. The molecule has 130 valence electrons. The first-order valence-electron chi connectivity index (χ1n) is 7.83. The van der Waals surface area contributed by atoms with Crippen molar-refractivity contribution in [3.05, 3.63) is 34.9 Å². The highest BCUT2D eigenvalue weighted by atomic mass is 32.2. The molecule has 7 heteroatoms. The fourth-order valence-corrected chi connectivity index (χ4v) is 4.63. The van der Waals surface area contributed by atoms with Gasteiger partial charge in [-0.3, -0.25) is 10.1 Å². The molecule has 0 atom stereocenters. The Morgan fingerprint density at radius 3 is 2.58 bits per heavy atom. The highest BCUT2D eigenvalue weighted by molar-refractivity contribution is 8.01. The van der Waals surface area contributed by atoms with Crippen molar-refractivity contribution in [1.82, 2.24) is 10.2 Å². The molecule has 1 aromatic carbocycles. The Morgan fingerprint density at radius 1 is 1.21 bits per heavy atom. The summed E-state index contributed by atoms with van der Waals surface area (Å²) in [5.41, 5.74) is 3.78. The Hall–Kier alpha value is -1.05. The Kier molecular flexibility index (Phi) is 7.58. The van der Waals surface area contributed by atoms with Gasteiger partial charge in [-0.15, -0.1) is 22.0 Å². The number of carbonyl (C=O) groups is 1. The summed E-state index contributed by atoms with van der Waals surface area (Å²) in [4.78, 5) is 12.0. The summed E-state index contributed by atoms with van der Waals surface area (Å²) in [5, 5.41) is 11.5. The third-order valence-electron chi connectivity index (χ3n) is 2.98. The molecule has 4 nitrogen and oxygen atoms in total. The van der Waals surface area contributed by atoms with Crippen LogP contribution in [0.25, 0.3) is 0 Å². The van der Waals surface area contributed by atoms with E-state index in [1.165, 1.54) is 28.0 Å². The molecule has 0 aliphatic heterocycles. The molecule has 0 saturated carbocycles. The van der Waals surface area contributed by atoms with E-state index in [2.05, 4.69) is 61.4 Å². The number of aromatic nitrogens is 2. The number of amides is 1. The number of hydrogen-bond donors (Lipinski definition) is 1. The van der Waals surface area contributed by atoms with Gasteiger partial charge in [0.25, 0.3) is 0 Å². The first-order valence-corrected chi connectivity index (χ1v) is 10.8. The maximum Gasteiger partial charge on any atom is 0.236 e. The van der Waals surface area contributed by atoms with Crippen LogP contribution in [0.2, 0.25) is 0 Å².